The third-order valence-corrected chi connectivity index (χ3v) is 11.0. The van der Waals surface area contributed by atoms with E-state index in [1.54, 1.807) is 19.2 Å². The van der Waals surface area contributed by atoms with Crippen molar-refractivity contribution in [2.24, 2.45) is 17.1 Å². The molecule has 14 heteroatoms. The molecule has 4 N–H and O–H groups in total. The molecule has 1 aliphatic rings. The van der Waals surface area contributed by atoms with Gasteiger partial charge in [0.15, 0.2) is 0 Å². The van der Waals surface area contributed by atoms with Crippen LogP contribution < -0.4 is 16.5 Å². The number of nitrogens with one attached hydrogen (secondary N) is 2. The van der Waals surface area contributed by atoms with Crippen LogP contribution in [0.25, 0.3) is 27.7 Å². The number of fused-ring (bicyclic) bond motifs is 1. The van der Waals surface area contributed by atoms with Gasteiger partial charge >= 0.3 is 0 Å². The Labute approximate surface area is 329 Å². The number of nitrogens with zero attached hydrogens (tertiary/aromatic N) is 4. The van der Waals surface area contributed by atoms with Gasteiger partial charge in [0, 0.05) is 78.7 Å². The van der Waals surface area contributed by atoms with E-state index in [-0.39, 0.29) is 36.9 Å². The molecular weight excluding hydrogens is 719 g/mol. The molecular formula is C41H59N7O6S. The van der Waals surface area contributed by atoms with Gasteiger partial charge < -0.3 is 30.0 Å². The average Bonchev–Trinajstić information content (AvgIpc) is 3.76. The second-order valence-electron chi connectivity index (χ2n) is 15.3. The molecule has 3 atom stereocenters. The van der Waals surface area contributed by atoms with Crippen LogP contribution >= 0.6 is 11.3 Å². The van der Waals surface area contributed by atoms with Crippen molar-refractivity contribution in [1.82, 2.24) is 30.2 Å². The number of carbonyl (C=O) groups excluding carboxylic acids is 4. The van der Waals surface area contributed by atoms with Gasteiger partial charge in [0.2, 0.25) is 12.3 Å². The van der Waals surface area contributed by atoms with Gasteiger partial charge in [-0.2, -0.15) is 0 Å². The number of nitrogens with two attached hydrogens (primary N) is 1. The zero-order valence-electron chi connectivity index (χ0n) is 33.8. The zero-order chi connectivity index (χ0) is 40.4. The number of hydrogen-bond acceptors (Lipinski definition) is 10. The second-order valence-corrected chi connectivity index (χ2v) is 16.2. The van der Waals surface area contributed by atoms with E-state index < -0.39 is 17.5 Å². The van der Waals surface area contributed by atoms with Crippen molar-refractivity contribution in [3.63, 3.8) is 0 Å². The van der Waals surface area contributed by atoms with Gasteiger partial charge in [0.1, 0.15) is 12.1 Å². The minimum absolute atomic E-state index is 0.166. The number of hydrazine groups is 1. The monoisotopic (exact) mass is 777 g/mol. The van der Waals surface area contributed by atoms with Crippen LogP contribution in [0.5, 0.6) is 0 Å². The number of hydrogen-bond donors (Lipinski definition) is 3. The summed E-state index contributed by atoms with van der Waals surface area (Å²) in [7, 11) is 3.21. The number of aryl methyl sites for hydroxylation is 1. The summed E-state index contributed by atoms with van der Waals surface area (Å²) in [4.78, 5) is 56.7. The van der Waals surface area contributed by atoms with Gasteiger partial charge in [-0.3, -0.25) is 24.2 Å². The highest BCUT2D eigenvalue weighted by molar-refractivity contribution is 7.10. The third kappa shape index (κ3) is 10.2. The first-order valence-electron chi connectivity index (χ1n) is 19.0. The molecule has 0 bridgehead atoms. The van der Waals surface area contributed by atoms with E-state index in [4.69, 9.17) is 20.2 Å². The lowest BCUT2D eigenvalue weighted by Crippen LogP contribution is -2.58. The molecule has 13 nitrogen and oxygen atoms in total. The minimum Gasteiger partial charge on any atom is -0.467 e. The van der Waals surface area contributed by atoms with Gasteiger partial charge in [-0.25, -0.2) is 10.4 Å². The van der Waals surface area contributed by atoms with Crippen molar-refractivity contribution in [2.75, 3.05) is 33.9 Å². The quantitative estimate of drug-likeness (QED) is 0.112. The Morgan fingerprint density at radius 2 is 1.95 bits per heavy atom. The molecule has 0 spiro atoms. The van der Waals surface area contributed by atoms with Crippen LogP contribution in [0, 0.1) is 11.3 Å². The van der Waals surface area contributed by atoms with Crippen molar-refractivity contribution in [3.05, 3.63) is 57.7 Å². The molecule has 3 unspecified atom stereocenters. The van der Waals surface area contributed by atoms with Crippen molar-refractivity contribution >= 4 is 52.5 Å². The Kier molecular flexibility index (Phi) is 15.2. The van der Waals surface area contributed by atoms with E-state index in [1.165, 1.54) is 16.2 Å². The Balaban J connectivity index is 1.81. The van der Waals surface area contributed by atoms with Crippen LogP contribution in [-0.2, 0) is 48.0 Å². The smallest absolute Gasteiger partial charge is 0.293 e. The number of carbonyl (C=O) groups is 4. The molecule has 1 aromatic carbocycles. The van der Waals surface area contributed by atoms with E-state index in [2.05, 4.69) is 48.2 Å². The molecule has 300 valence electrons. The summed E-state index contributed by atoms with van der Waals surface area (Å²) in [6.07, 6.45) is 6.90. The molecule has 3 amide bonds. The van der Waals surface area contributed by atoms with Crippen molar-refractivity contribution in [1.29, 1.82) is 0 Å². The largest absolute Gasteiger partial charge is 0.467 e. The number of allylic oxidation sites excluding steroid dienone is 3. The summed E-state index contributed by atoms with van der Waals surface area (Å²) in [5, 5.41) is 8.24. The fourth-order valence-electron chi connectivity index (χ4n) is 7.27. The van der Waals surface area contributed by atoms with Crippen molar-refractivity contribution in [3.8, 4) is 11.3 Å². The van der Waals surface area contributed by atoms with Crippen LogP contribution in [0.4, 0.5) is 0 Å². The first kappa shape index (κ1) is 43.2. The fourth-order valence-corrected chi connectivity index (χ4v) is 8.12. The van der Waals surface area contributed by atoms with Gasteiger partial charge in [-0.1, -0.05) is 45.9 Å². The van der Waals surface area contributed by atoms with Gasteiger partial charge in [-0.15, -0.1) is 11.3 Å². The molecule has 3 heterocycles. The zero-order valence-corrected chi connectivity index (χ0v) is 34.6. The number of thiazole rings is 1. The summed E-state index contributed by atoms with van der Waals surface area (Å²) in [5.74, 6) is -0.797. The molecule has 3 aromatic rings. The van der Waals surface area contributed by atoms with Gasteiger partial charge in [-0.05, 0) is 63.6 Å². The Bertz CT molecular complexity index is 1870. The lowest BCUT2D eigenvalue weighted by atomic mass is 9.84. The normalized spacial score (nSPS) is 15.9. The molecule has 2 aromatic heterocycles. The van der Waals surface area contributed by atoms with Gasteiger partial charge in [0.05, 0.1) is 29.1 Å². The highest BCUT2D eigenvalue weighted by atomic mass is 32.1. The summed E-state index contributed by atoms with van der Waals surface area (Å²) in [6, 6.07) is 4.67. The van der Waals surface area contributed by atoms with E-state index in [1.807, 2.05) is 51.3 Å². The first-order chi connectivity index (χ1) is 26.2. The molecule has 1 fully saturated rings. The van der Waals surface area contributed by atoms with Crippen molar-refractivity contribution < 1.29 is 28.7 Å². The van der Waals surface area contributed by atoms with E-state index >= 15 is 0 Å². The lowest BCUT2D eigenvalue weighted by Gasteiger charge is -2.33. The van der Waals surface area contributed by atoms with Crippen LogP contribution in [0.3, 0.4) is 0 Å². The fraction of sp³-hybridized carbons (Fsp3) is 0.537. The van der Waals surface area contributed by atoms with E-state index in [0.717, 1.165) is 51.8 Å². The Hall–Kier alpha value is -4.53. The number of benzene rings is 1. The molecule has 0 aliphatic carbocycles. The minimum atomic E-state index is -0.888. The van der Waals surface area contributed by atoms with Crippen LogP contribution in [-0.4, -0.2) is 96.2 Å². The molecule has 1 saturated heterocycles. The predicted octanol–water partition coefficient (Wildman–Crippen LogP) is 5.07. The highest BCUT2D eigenvalue weighted by Crippen LogP contribution is 2.39. The Morgan fingerprint density at radius 3 is 2.55 bits per heavy atom. The van der Waals surface area contributed by atoms with Crippen LogP contribution in [0.15, 0.2) is 41.4 Å². The van der Waals surface area contributed by atoms with E-state index in [9.17, 15) is 19.2 Å². The maximum Gasteiger partial charge on any atom is 0.293 e. The first-order valence-corrected chi connectivity index (χ1v) is 19.9. The summed E-state index contributed by atoms with van der Waals surface area (Å²) in [6.45, 7) is 16.5. The number of likely N-dealkylation sites (N-methyl/N-ethyl adjacent to an activating group) is 1. The number of amides is 3. The topological polar surface area (TPSA) is 161 Å². The van der Waals surface area contributed by atoms with Crippen LogP contribution in [0.2, 0.25) is 0 Å². The predicted molar refractivity (Wildman–Crippen MR) is 218 cm³/mol. The molecule has 0 saturated carbocycles. The molecule has 55 heavy (non-hydrogen) atoms. The SMILES string of the molecule is C/C=C\C(=C(/N)C(C)OC)c1c(CC(C)(C)COC=O)c2cc(-c3csc(CC(NC(=O)C(C(C)C)N(C)C=O)C(=O)N4CCCCN4)n3)ccc2n1CC. The third-order valence-electron chi connectivity index (χ3n) is 10.1. The maximum absolute atomic E-state index is 13.9. The number of methoxy groups -OCH3 is 1. The number of ether oxygens (including phenoxy) is 2. The summed E-state index contributed by atoms with van der Waals surface area (Å²) in [5.41, 5.74) is 15.8. The highest BCUT2D eigenvalue weighted by Gasteiger charge is 2.34. The van der Waals surface area contributed by atoms with Gasteiger partial charge in [0.25, 0.3) is 12.4 Å². The van der Waals surface area contributed by atoms with Crippen molar-refractivity contribution in [2.45, 2.75) is 98.9 Å². The lowest BCUT2D eigenvalue weighted by molar-refractivity contribution is -0.142. The molecule has 1 aliphatic heterocycles. The number of rotatable bonds is 19. The van der Waals surface area contributed by atoms with E-state index in [0.29, 0.717) is 49.6 Å². The summed E-state index contributed by atoms with van der Waals surface area (Å²) >= 11 is 1.43. The maximum atomic E-state index is 13.9. The average molecular weight is 778 g/mol. The standard InChI is InChI=1S/C41H59N7O6S/c1-10-14-29(36(42)27(5)53-9)38-31(21-41(6,7)23-54-25-50)30-19-28(15-16-34(30)47(38)11-2)33-22-55-35(44-33)20-32(40(52)48-18-13-12-17-43-48)45-39(51)37(26(3)4)46(8)24-49/h10,14-16,19,22,24-27,32,37,43H,11-13,17-18,20-21,23,42H2,1-9H3,(H,45,51)/b14-10-,36-29+. The Morgan fingerprint density at radius 1 is 1.20 bits per heavy atom. The number of aromatic nitrogens is 2. The van der Waals surface area contributed by atoms with Crippen LogP contribution in [0.1, 0.15) is 77.6 Å². The molecule has 4 rings (SSSR count). The molecule has 0 radical (unpaired) electrons. The second kappa shape index (κ2) is 19.4. The summed E-state index contributed by atoms with van der Waals surface area (Å²) < 4.78 is 13.2.